The molecule has 0 radical (unpaired) electrons. The number of H-pyrrole nitrogens is 1. The number of hydrogen-bond acceptors (Lipinski definition) is 4. The van der Waals surface area contributed by atoms with Crippen molar-refractivity contribution in [1.82, 2.24) is 4.98 Å². The first-order valence-electron chi connectivity index (χ1n) is 4.75. The van der Waals surface area contributed by atoms with Gasteiger partial charge in [0.05, 0.1) is 34.7 Å². The van der Waals surface area contributed by atoms with Crippen LogP contribution in [0, 0.1) is 10.1 Å². The standard InChI is InChI=1S/C10H11N3O3/c11-8(5-14)6-1-2-7-9(3-6)12-4-10(7)13(15)16/h1-4,8,12,14H,5,11H2. The zero-order valence-electron chi connectivity index (χ0n) is 8.38. The molecule has 0 bridgehead atoms. The molecule has 0 aliphatic carbocycles. The topological polar surface area (TPSA) is 105 Å². The van der Waals surface area contributed by atoms with Gasteiger partial charge in [-0.3, -0.25) is 10.1 Å². The van der Waals surface area contributed by atoms with E-state index in [2.05, 4.69) is 4.98 Å². The van der Waals surface area contributed by atoms with E-state index in [1.807, 2.05) is 0 Å². The number of nitrogens with two attached hydrogens (primary N) is 1. The van der Waals surface area contributed by atoms with Gasteiger partial charge < -0.3 is 15.8 Å². The lowest BCUT2D eigenvalue weighted by Gasteiger charge is -2.07. The van der Waals surface area contributed by atoms with Crippen molar-refractivity contribution < 1.29 is 10.0 Å². The van der Waals surface area contributed by atoms with Crippen LogP contribution in [0.25, 0.3) is 10.9 Å². The smallest absolute Gasteiger partial charge is 0.294 e. The minimum Gasteiger partial charge on any atom is -0.394 e. The van der Waals surface area contributed by atoms with Gasteiger partial charge in [-0.05, 0) is 17.7 Å². The average Bonchev–Trinajstić information content (AvgIpc) is 2.70. The Morgan fingerprint density at radius 3 is 2.94 bits per heavy atom. The third kappa shape index (κ3) is 1.64. The lowest BCUT2D eigenvalue weighted by molar-refractivity contribution is -0.383. The van der Waals surface area contributed by atoms with Crippen LogP contribution in [0.2, 0.25) is 0 Å². The van der Waals surface area contributed by atoms with Crippen LogP contribution in [0.5, 0.6) is 0 Å². The highest BCUT2D eigenvalue weighted by Crippen LogP contribution is 2.26. The Labute approximate surface area is 90.8 Å². The number of nitrogens with zero attached hydrogens (tertiary/aromatic N) is 1. The number of fused-ring (bicyclic) bond motifs is 1. The fourth-order valence-corrected chi connectivity index (χ4v) is 1.62. The van der Waals surface area contributed by atoms with Gasteiger partial charge in [-0.1, -0.05) is 6.07 Å². The number of rotatable bonds is 3. The fourth-order valence-electron chi connectivity index (χ4n) is 1.62. The maximum absolute atomic E-state index is 10.7. The van der Waals surface area contributed by atoms with E-state index < -0.39 is 11.0 Å². The first-order chi connectivity index (χ1) is 7.63. The third-order valence-electron chi connectivity index (χ3n) is 2.51. The number of hydrogen-bond donors (Lipinski definition) is 3. The molecule has 2 aromatic rings. The van der Waals surface area contributed by atoms with Crippen molar-refractivity contribution in [1.29, 1.82) is 0 Å². The molecule has 0 spiro atoms. The Morgan fingerprint density at radius 2 is 2.31 bits per heavy atom. The molecule has 0 aliphatic heterocycles. The number of aliphatic hydroxyl groups excluding tert-OH is 1. The van der Waals surface area contributed by atoms with Crippen LogP contribution < -0.4 is 5.73 Å². The Hall–Kier alpha value is -1.92. The predicted octanol–water partition coefficient (Wildman–Crippen LogP) is 1.07. The van der Waals surface area contributed by atoms with Crippen molar-refractivity contribution >= 4 is 16.6 Å². The van der Waals surface area contributed by atoms with Crippen molar-refractivity contribution in [3.63, 3.8) is 0 Å². The monoisotopic (exact) mass is 221 g/mol. The van der Waals surface area contributed by atoms with Crippen LogP contribution in [0.1, 0.15) is 11.6 Å². The Kier molecular flexibility index (Phi) is 2.59. The molecular weight excluding hydrogens is 210 g/mol. The first kappa shape index (κ1) is 10.6. The lowest BCUT2D eigenvalue weighted by atomic mass is 10.1. The van der Waals surface area contributed by atoms with Crippen molar-refractivity contribution in [2.45, 2.75) is 6.04 Å². The third-order valence-corrected chi connectivity index (χ3v) is 2.51. The van der Waals surface area contributed by atoms with Gasteiger partial charge in [0.25, 0.3) is 5.69 Å². The van der Waals surface area contributed by atoms with E-state index in [9.17, 15) is 10.1 Å². The van der Waals surface area contributed by atoms with Gasteiger partial charge in [-0.25, -0.2) is 0 Å². The van der Waals surface area contributed by atoms with E-state index in [4.69, 9.17) is 10.8 Å². The Balaban J connectivity index is 2.53. The molecule has 16 heavy (non-hydrogen) atoms. The van der Waals surface area contributed by atoms with Gasteiger partial charge in [0.1, 0.15) is 0 Å². The summed E-state index contributed by atoms with van der Waals surface area (Å²) in [6.07, 6.45) is 1.35. The van der Waals surface area contributed by atoms with Crippen LogP contribution in [-0.2, 0) is 0 Å². The van der Waals surface area contributed by atoms with Crippen LogP contribution in [-0.4, -0.2) is 21.6 Å². The normalized spacial score (nSPS) is 12.9. The summed E-state index contributed by atoms with van der Waals surface area (Å²) in [5.74, 6) is 0. The number of nitrogens with one attached hydrogen (secondary N) is 1. The summed E-state index contributed by atoms with van der Waals surface area (Å²) in [7, 11) is 0. The highest BCUT2D eigenvalue weighted by molar-refractivity contribution is 5.89. The second-order valence-electron chi connectivity index (χ2n) is 3.53. The summed E-state index contributed by atoms with van der Waals surface area (Å²) in [5, 5.41) is 20.1. The molecule has 0 saturated heterocycles. The van der Waals surface area contributed by atoms with Crippen molar-refractivity contribution in [3.05, 3.63) is 40.1 Å². The maximum Gasteiger partial charge on any atom is 0.294 e. The summed E-state index contributed by atoms with van der Waals surface area (Å²) in [6, 6.07) is 4.56. The molecule has 1 atom stereocenters. The van der Waals surface area contributed by atoms with Gasteiger partial charge in [0, 0.05) is 0 Å². The maximum atomic E-state index is 10.7. The van der Waals surface area contributed by atoms with Crippen LogP contribution in [0.4, 0.5) is 5.69 Å². The SMILES string of the molecule is NC(CO)c1ccc2c([N+](=O)[O-])c[nH]c2c1. The van der Waals surface area contributed by atoms with Gasteiger partial charge >= 0.3 is 0 Å². The number of aliphatic hydroxyl groups is 1. The quantitative estimate of drug-likeness (QED) is 0.532. The second-order valence-corrected chi connectivity index (χ2v) is 3.53. The minimum absolute atomic E-state index is 0.0409. The molecule has 0 saturated carbocycles. The number of aromatic nitrogens is 1. The molecule has 1 heterocycles. The molecule has 0 amide bonds. The molecule has 84 valence electrons. The second kappa shape index (κ2) is 3.92. The van der Waals surface area contributed by atoms with Crippen LogP contribution >= 0.6 is 0 Å². The summed E-state index contributed by atoms with van der Waals surface area (Å²) < 4.78 is 0. The molecule has 1 unspecified atom stereocenters. The Morgan fingerprint density at radius 1 is 1.56 bits per heavy atom. The molecule has 0 fully saturated rings. The fraction of sp³-hybridized carbons (Fsp3) is 0.200. The zero-order chi connectivity index (χ0) is 11.7. The molecular formula is C10H11N3O3. The van der Waals surface area contributed by atoms with E-state index in [-0.39, 0.29) is 12.3 Å². The van der Waals surface area contributed by atoms with Gasteiger partial charge in [0.15, 0.2) is 0 Å². The Bertz CT molecular complexity index is 535. The molecule has 0 aliphatic rings. The molecule has 4 N–H and O–H groups in total. The highest BCUT2D eigenvalue weighted by Gasteiger charge is 2.14. The van der Waals surface area contributed by atoms with E-state index in [0.717, 1.165) is 5.56 Å². The average molecular weight is 221 g/mol. The van der Waals surface area contributed by atoms with Gasteiger partial charge in [-0.2, -0.15) is 0 Å². The van der Waals surface area contributed by atoms with E-state index >= 15 is 0 Å². The predicted molar refractivity (Wildman–Crippen MR) is 59.0 cm³/mol. The molecule has 6 heteroatoms. The summed E-state index contributed by atoms with van der Waals surface area (Å²) in [6.45, 7) is -0.158. The van der Waals surface area contributed by atoms with Gasteiger partial charge in [0.2, 0.25) is 0 Å². The van der Waals surface area contributed by atoms with Crippen molar-refractivity contribution in [2.75, 3.05) is 6.61 Å². The van der Waals surface area contributed by atoms with E-state index in [1.165, 1.54) is 6.20 Å². The minimum atomic E-state index is -0.466. The molecule has 1 aromatic carbocycles. The van der Waals surface area contributed by atoms with Crippen molar-refractivity contribution in [3.8, 4) is 0 Å². The number of nitro groups is 1. The van der Waals surface area contributed by atoms with Crippen LogP contribution in [0.3, 0.4) is 0 Å². The summed E-state index contributed by atoms with van der Waals surface area (Å²) in [5.41, 5.74) is 7.08. The van der Waals surface area contributed by atoms with Crippen molar-refractivity contribution in [2.24, 2.45) is 5.73 Å². The van der Waals surface area contributed by atoms with E-state index in [1.54, 1.807) is 18.2 Å². The number of benzene rings is 1. The number of aromatic amines is 1. The summed E-state index contributed by atoms with van der Waals surface area (Å²) in [4.78, 5) is 13.0. The molecule has 1 aromatic heterocycles. The molecule has 2 rings (SSSR count). The van der Waals surface area contributed by atoms with E-state index in [0.29, 0.717) is 10.9 Å². The molecule has 6 nitrogen and oxygen atoms in total. The highest BCUT2D eigenvalue weighted by atomic mass is 16.6. The van der Waals surface area contributed by atoms with Crippen LogP contribution in [0.15, 0.2) is 24.4 Å². The summed E-state index contributed by atoms with van der Waals surface area (Å²) >= 11 is 0. The zero-order valence-corrected chi connectivity index (χ0v) is 8.38. The first-order valence-corrected chi connectivity index (χ1v) is 4.75. The largest absolute Gasteiger partial charge is 0.394 e. The van der Waals surface area contributed by atoms with Gasteiger partial charge in [-0.15, -0.1) is 0 Å². The lowest BCUT2D eigenvalue weighted by Crippen LogP contribution is -2.14.